The maximum Gasteiger partial charge on any atom is 0.193 e. The topological polar surface area (TPSA) is 17.1 Å². The number of carbonyl (C=O) groups is 1. The first-order valence-corrected chi connectivity index (χ1v) is 8.02. The first-order chi connectivity index (χ1) is 11.2. The highest BCUT2D eigenvalue weighted by Crippen LogP contribution is 2.21. The van der Waals surface area contributed by atoms with Crippen molar-refractivity contribution in [2.45, 2.75) is 20.3 Å². The average Bonchev–Trinajstić information content (AvgIpc) is 2.61. The molecule has 0 N–H and O–H groups in total. The van der Waals surface area contributed by atoms with Crippen LogP contribution in [-0.4, -0.2) is 5.78 Å². The summed E-state index contributed by atoms with van der Waals surface area (Å²) in [6.45, 7) is 4.13. The molecule has 0 heterocycles. The Labute approximate surface area is 137 Å². The van der Waals surface area contributed by atoms with E-state index in [1.807, 2.05) is 67.6 Å². The molecule has 0 spiro atoms. The van der Waals surface area contributed by atoms with Crippen molar-refractivity contribution in [2.75, 3.05) is 0 Å². The summed E-state index contributed by atoms with van der Waals surface area (Å²) >= 11 is 0. The van der Waals surface area contributed by atoms with Gasteiger partial charge in [-0.3, -0.25) is 4.79 Å². The fourth-order valence-corrected chi connectivity index (χ4v) is 2.89. The molecule has 0 bridgehead atoms. The van der Waals surface area contributed by atoms with Crippen LogP contribution in [0.2, 0.25) is 0 Å². The van der Waals surface area contributed by atoms with Gasteiger partial charge in [0.2, 0.25) is 0 Å². The normalized spacial score (nSPS) is 11.2. The number of ketones is 1. The van der Waals surface area contributed by atoms with E-state index in [9.17, 15) is 4.79 Å². The molecule has 23 heavy (non-hydrogen) atoms. The molecule has 1 nitrogen and oxygen atoms in total. The van der Waals surface area contributed by atoms with Crippen LogP contribution in [-0.2, 0) is 6.42 Å². The zero-order valence-electron chi connectivity index (χ0n) is 13.5. The Morgan fingerprint density at radius 1 is 0.913 bits per heavy atom. The first-order valence-electron chi connectivity index (χ1n) is 8.02. The molecule has 0 radical (unpaired) electrons. The minimum Gasteiger partial charge on any atom is -0.289 e. The van der Waals surface area contributed by atoms with Gasteiger partial charge in [-0.05, 0) is 47.4 Å². The quantitative estimate of drug-likeness (QED) is 0.568. The lowest BCUT2D eigenvalue weighted by molar-refractivity contribution is 0.103. The standard InChI is InChI=1S/C22H20O/c1-3-7-17-10-12-20(14-16(17)4-2)22(23)21-13-11-18-8-5-6-9-19(18)15-21/h3,5-15H,4H2,1-2H3/b7-3-. The second-order valence-electron chi connectivity index (χ2n) is 5.66. The van der Waals surface area contributed by atoms with Crippen LogP contribution in [0, 0.1) is 0 Å². The summed E-state index contributed by atoms with van der Waals surface area (Å²) in [5.74, 6) is 0.0810. The van der Waals surface area contributed by atoms with Crippen LogP contribution in [0.25, 0.3) is 16.8 Å². The van der Waals surface area contributed by atoms with E-state index < -0.39 is 0 Å². The lowest BCUT2D eigenvalue weighted by Gasteiger charge is -2.08. The highest BCUT2D eigenvalue weighted by Gasteiger charge is 2.11. The van der Waals surface area contributed by atoms with Gasteiger partial charge in [0.15, 0.2) is 5.78 Å². The van der Waals surface area contributed by atoms with Crippen molar-refractivity contribution >= 4 is 22.6 Å². The minimum atomic E-state index is 0.0810. The van der Waals surface area contributed by atoms with Gasteiger partial charge in [0.25, 0.3) is 0 Å². The average molecular weight is 300 g/mol. The summed E-state index contributed by atoms with van der Waals surface area (Å²) in [7, 11) is 0. The predicted octanol–water partition coefficient (Wildman–Crippen LogP) is 5.67. The van der Waals surface area contributed by atoms with Gasteiger partial charge < -0.3 is 0 Å². The number of benzene rings is 3. The number of hydrogen-bond donors (Lipinski definition) is 0. The molecule has 0 aromatic heterocycles. The van der Waals surface area contributed by atoms with Crippen LogP contribution in [0.5, 0.6) is 0 Å². The van der Waals surface area contributed by atoms with E-state index in [2.05, 4.69) is 19.1 Å². The molecule has 0 aliphatic rings. The molecule has 0 saturated heterocycles. The van der Waals surface area contributed by atoms with E-state index in [-0.39, 0.29) is 5.78 Å². The van der Waals surface area contributed by atoms with Crippen molar-refractivity contribution in [1.29, 1.82) is 0 Å². The Balaban J connectivity index is 2.01. The largest absolute Gasteiger partial charge is 0.289 e. The second-order valence-corrected chi connectivity index (χ2v) is 5.66. The number of allylic oxidation sites excluding steroid dienone is 1. The molecule has 0 amide bonds. The van der Waals surface area contributed by atoms with E-state index in [0.717, 1.165) is 28.3 Å². The van der Waals surface area contributed by atoms with Crippen molar-refractivity contribution in [3.63, 3.8) is 0 Å². The Morgan fingerprint density at radius 3 is 2.35 bits per heavy atom. The molecule has 0 saturated carbocycles. The Hall–Kier alpha value is -2.67. The zero-order valence-corrected chi connectivity index (χ0v) is 13.5. The summed E-state index contributed by atoms with van der Waals surface area (Å²) in [5.41, 5.74) is 3.88. The molecule has 0 aliphatic heterocycles. The van der Waals surface area contributed by atoms with Crippen molar-refractivity contribution in [1.82, 2.24) is 0 Å². The van der Waals surface area contributed by atoms with Gasteiger partial charge in [0.1, 0.15) is 0 Å². The van der Waals surface area contributed by atoms with Gasteiger partial charge in [0, 0.05) is 11.1 Å². The third-order valence-corrected chi connectivity index (χ3v) is 4.14. The molecule has 3 aromatic rings. The Kier molecular flexibility index (Phi) is 4.38. The molecule has 114 valence electrons. The lowest BCUT2D eigenvalue weighted by atomic mass is 9.95. The lowest BCUT2D eigenvalue weighted by Crippen LogP contribution is -2.03. The van der Waals surface area contributed by atoms with Crippen molar-refractivity contribution in [3.05, 3.63) is 89.0 Å². The van der Waals surface area contributed by atoms with Crippen LogP contribution in [0.4, 0.5) is 0 Å². The van der Waals surface area contributed by atoms with Crippen molar-refractivity contribution in [2.24, 2.45) is 0 Å². The van der Waals surface area contributed by atoms with E-state index in [4.69, 9.17) is 0 Å². The van der Waals surface area contributed by atoms with Crippen molar-refractivity contribution < 1.29 is 4.79 Å². The van der Waals surface area contributed by atoms with Gasteiger partial charge in [-0.1, -0.05) is 67.6 Å². The van der Waals surface area contributed by atoms with E-state index >= 15 is 0 Å². The first kappa shape index (κ1) is 15.2. The van der Waals surface area contributed by atoms with Crippen LogP contribution < -0.4 is 0 Å². The van der Waals surface area contributed by atoms with E-state index in [1.54, 1.807) is 0 Å². The predicted molar refractivity (Wildman–Crippen MR) is 97.9 cm³/mol. The maximum atomic E-state index is 12.8. The van der Waals surface area contributed by atoms with Gasteiger partial charge in [-0.15, -0.1) is 0 Å². The third-order valence-electron chi connectivity index (χ3n) is 4.14. The molecule has 3 rings (SSSR count). The number of carbonyl (C=O) groups excluding carboxylic acids is 1. The van der Waals surface area contributed by atoms with Gasteiger partial charge >= 0.3 is 0 Å². The molecule has 0 aliphatic carbocycles. The summed E-state index contributed by atoms with van der Waals surface area (Å²) in [4.78, 5) is 12.8. The van der Waals surface area contributed by atoms with Crippen LogP contribution in [0.3, 0.4) is 0 Å². The minimum absolute atomic E-state index is 0.0810. The van der Waals surface area contributed by atoms with Gasteiger partial charge in [-0.2, -0.15) is 0 Å². The van der Waals surface area contributed by atoms with E-state index in [0.29, 0.717) is 0 Å². The second kappa shape index (κ2) is 6.62. The summed E-state index contributed by atoms with van der Waals surface area (Å²) in [6, 6.07) is 20.0. The summed E-state index contributed by atoms with van der Waals surface area (Å²) < 4.78 is 0. The van der Waals surface area contributed by atoms with Crippen LogP contribution in [0.15, 0.2) is 66.7 Å². The maximum absolute atomic E-state index is 12.8. The highest BCUT2D eigenvalue weighted by atomic mass is 16.1. The zero-order chi connectivity index (χ0) is 16.2. The van der Waals surface area contributed by atoms with Gasteiger partial charge in [-0.25, -0.2) is 0 Å². The molecule has 3 aromatic carbocycles. The molecule has 1 heteroatoms. The van der Waals surface area contributed by atoms with Gasteiger partial charge in [0.05, 0.1) is 0 Å². The summed E-state index contributed by atoms with van der Waals surface area (Å²) in [6.07, 6.45) is 5.03. The fraction of sp³-hybridized carbons (Fsp3) is 0.136. The smallest absolute Gasteiger partial charge is 0.193 e. The van der Waals surface area contributed by atoms with Crippen LogP contribution in [0.1, 0.15) is 40.9 Å². The number of rotatable bonds is 4. The molecule has 0 unspecified atom stereocenters. The highest BCUT2D eigenvalue weighted by molar-refractivity contribution is 6.10. The molecular weight excluding hydrogens is 280 g/mol. The Morgan fingerprint density at radius 2 is 1.61 bits per heavy atom. The number of fused-ring (bicyclic) bond motifs is 1. The molecule has 0 atom stereocenters. The molecule has 0 fully saturated rings. The van der Waals surface area contributed by atoms with Crippen LogP contribution >= 0.6 is 0 Å². The third kappa shape index (κ3) is 3.09. The SMILES string of the molecule is C/C=C\c1ccc(C(=O)c2ccc3ccccc3c2)cc1CC. The summed E-state index contributed by atoms with van der Waals surface area (Å²) in [5, 5.41) is 2.25. The fourth-order valence-electron chi connectivity index (χ4n) is 2.89. The van der Waals surface area contributed by atoms with E-state index in [1.165, 1.54) is 11.1 Å². The number of hydrogen-bond acceptors (Lipinski definition) is 1. The number of aryl methyl sites for hydroxylation is 1. The van der Waals surface area contributed by atoms with Crippen molar-refractivity contribution in [3.8, 4) is 0 Å². The Bertz CT molecular complexity index is 887. The monoisotopic (exact) mass is 300 g/mol. The molecular formula is C22H20O.